The number of Topliss-reactive ketones (excluding diaryl/α,β-unsaturated/α-hetero) is 1. The Bertz CT molecular complexity index is 295. The summed E-state index contributed by atoms with van der Waals surface area (Å²) in [4.78, 5) is 19.0. The van der Waals surface area contributed by atoms with E-state index in [0.29, 0.717) is 13.1 Å². The third kappa shape index (κ3) is 33.5. The molecule has 0 aromatic rings. The Morgan fingerprint density at radius 3 is 2.00 bits per heavy atom. The molecule has 0 aromatic heterocycles. The third-order valence-corrected chi connectivity index (χ3v) is 3.03. The van der Waals surface area contributed by atoms with Crippen LogP contribution in [0.3, 0.4) is 0 Å². The van der Waals surface area contributed by atoms with Crippen molar-refractivity contribution in [3.05, 3.63) is 0 Å². The molecule has 0 rings (SSSR count). The molecular weight excluding hydrogens is 290 g/mol. The summed E-state index contributed by atoms with van der Waals surface area (Å²) < 4.78 is 4.15. The van der Waals surface area contributed by atoms with Gasteiger partial charge in [0.15, 0.2) is 0 Å². The normalized spacial score (nSPS) is 10.3. The number of hydrogen-bond donors (Lipinski definition) is 0. The minimum absolute atomic E-state index is 0.0417. The number of unbranched alkanes of at least 4 members (excludes halogenated alkanes) is 1. The summed E-state index contributed by atoms with van der Waals surface area (Å²) in [6, 6.07) is 1.72. The molecular formula is C19H37NO3. The molecule has 0 aliphatic rings. The van der Waals surface area contributed by atoms with Crippen LogP contribution in [0.1, 0.15) is 86.5 Å². The van der Waals surface area contributed by atoms with Crippen molar-refractivity contribution in [1.29, 1.82) is 5.26 Å². The molecule has 0 aliphatic heterocycles. The van der Waals surface area contributed by atoms with Gasteiger partial charge < -0.3 is 4.74 Å². The molecule has 0 heterocycles. The molecule has 0 saturated heterocycles. The summed E-state index contributed by atoms with van der Waals surface area (Å²) in [6.45, 7) is 13.3. The zero-order valence-electron chi connectivity index (χ0n) is 16.1. The van der Waals surface area contributed by atoms with E-state index in [-0.39, 0.29) is 12.2 Å². The second-order valence-corrected chi connectivity index (χ2v) is 6.01. The van der Waals surface area contributed by atoms with E-state index in [1.807, 2.05) is 0 Å². The summed E-state index contributed by atoms with van der Waals surface area (Å²) in [5.74, 6) is 1.82. The number of carbonyl (C=O) groups excluding carboxylic acids is 2. The van der Waals surface area contributed by atoms with E-state index in [9.17, 15) is 9.59 Å². The number of hydrogen-bond acceptors (Lipinski definition) is 4. The Morgan fingerprint density at radius 2 is 1.78 bits per heavy atom. The summed E-state index contributed by atoms with van der Waals surface area (Å²) in [5.41, 5.74) is 0. The Balaban J connectivity index is -0.000000303. The van der Waals surface area contributed by atoms with E-state index < -0.39 is 0 Å². The lowest BCUT2D eigenvalue weighted by Gasteiger charge is -2.17. The molecule has 0 amide bonds. The Labute approximate surface area is 143 Å². The molecule has 0 bridgehead atoms. The summed E-state index contributed by atoms with van der Waals surface area (Å²) in [7, 11) is 0. The molecule has 4 heteroatoms. The second kappa shape index (κ2) is 22.9. The highest BCUT2D eigenvalue weighted by molar-refractivity contribution is 5.77. The van der Waals surface area contributed by atoms with Gasteiger partial charge in [-0.05, 0) is 32.1 Å². The van der Waals surface area contributed by atoms with Crippen LogP contribution in [0.25, 0.3) is 0 Å². The van der Waals surface area contributed by atoms with Crippen molar-refractivity contribution in [1.82, 2.24) is 0 Å². The lowest BCUT2D eigenvalue weighted by atomic mass is 9.89. The second-order valence-electron chi connectivity index (χ2n) is 6.01. The summed E-state index contributed by atoms with van der Waals surface area (Å²) in [6.07, 6.45) is 8.53. The fraction of sp³-hybridized carbons (Fsp3) is 0.842. The third-order valence-electron chi connectivity index (χ3n) is 3.03. The van der Waals surface area contributed by atoms with Crippen LogP contribution in [0.15, 0.2) is 0 Å². The first-order chi connectivity index (χ1) is 10.9. The maximum absolute atomic E-state index is 9.82. The average Bonchev–Trinajstić information content (AvgIpc) is 2.46. The molecule has 136 valence electrons. The van der Waals surface area contributed by atoms with Gasteiger partial charge in [-0.15, -0.1) is 0 Å². The van der Waals surface area contributed by atoms with E-state index in [0.717, 1.165) is 11.8 Å². The molecule has 0 radical (unpaired) electrons. The molecule has 0 saturated carbocycles. The first-order valence-corrected chi connectivity index (χ1v) is 8.80. The van der Waals surface area contributed by atoms with E-state index in [1.165, 1.54) is 45.4 Å². The average molecular weight is 328 g/mol. The Morgan fingerprint density at radius 1 is 1.17 bits per heavy atom. The van der Waals surface area contributed by atoms with Crippen molar-refractivity contribution in [2.45, 2.75) is 86.5 Å². The lowest BCUT2D eigenvalue weighted by Crippen LogP contribution is -2.04. The maximum Gasteiger partial charge on any atom is 0.293 e. The van der Waals surface area contributed by atoms with Gasteiger partial charge in [0.1, 0.15) is 5.78 Å². The van der Waals surface area contributed by atoms with Crippen LogP contribution in [-0.4, -0.2) is 18.9 Å². The van der Waals surface area contributed by atoms with Gasteiger partial charge in [0.05, 0.1) is 19.1 Å². The highest BCUT2D eigenvalue weighted by atomic mass is 16.5. The van der Waals surface area contributed by atoms with Crippen molar-refractivity contribution >= 4 is 12.3 Å². The molecule has 0 N–H and O–H groups in total. The maximum atomic E-state index is 9.82. The number of nitrogens with zero attached hydrogens (tertiary/aromatic N) is 1. The first-order valence-electron chi connectivity index (χ1n) is 8.80. The van der Waals surface area contributed by atoms with Crippen molar-refractivity contribution in [2.75, 3.05) is 6.61 Å². The van der Waals surface area contributed by atoms with E-state index >= 15 is 0 Å². The number of nitriles is 1. The van der Waals surface area contributed by atoms with Gasteiger partial charge in [0.2, 0.25) is 0 Å². The molecule has 0 aromatic carbocycles. The van der Waals surface area contributed by atoms with Crippen LogP contribution < -0.4 is 0 Å². The van der Waals surface area contributed by atoms with Crippen LogP contribution in [-0.2, 0) is 14.3 Å². The summed E-state index contributed by atoms with van der Waals surface area (Å²) >= 11 is 0. The predicted molar refractivity (Wildman–Crippen MR) is 96.0 cm³/mol. The van der Waals surface area contributed by atoms with Gasteiger partial charge >= 0.3 is 0 Å². The minimum Gasteiger partial charge on any atom is -0.468 e. The zero-order chi connectivity index (χ0) is 18.5. The molecule has 1 atom stereocenters. The Kier molecular flexibility index (Phi) is 26.4. The summed E-state index contributed by atoms with van der Waals surface area (Å²) in [5, 5.41) is 7.77. The first kappa shape index (κ1) is 26.5. The van der Waals surface area contributed by atoms with E-state index in [4.69, 9.17) is 5.26 Å². The zero-order valence-corrected chi connectivity index (χ0v) is 16.1. The molecule has 0 spiro atoms. The van der Waals surface area contributed by atoms with Crippen molar-refractivity contribution in [3.63, 3.8) is 0 Å². The van der Waals surface area contributed by atoms with Gasteiger partial charge in [0.25, 0.3) is 6.47 Å². The molecule has 1 unspecified atom stereocenters. The molecule has 0 aliphatic carbocycles. The van der Waals surface area contributed by atoms with E-state index in [2.05, 4.69) is 32.4 Å². The molecule has 23 heavy (non-hydrogen) atoms. The SMILES string of the molecule is CC(=O)CC#N.CCCCC(CCC)CC(C)C.CCOC=O. The van der Waals surface area contributed by atoms with Gasteiger partial charge in [-0.2, -0.15) is 5.26 Å². The quantitative estimate of drug-likeness (QED) is 0.510. The minimum atomic E-state index is -0.0718. The predicted octanol–water partition coefficient (Wildman–Crippen LogP) is 5.31. The smallest absolute Gasteiger partial charge is 0.293 e. The standard InChI is InChI=1S/C12H26.C4H5NO.C3H6O2/c1-5-7-9-12(8-6-2)10-11(3)4;1-4(6)2-3-5;1-2-5-3-4/h11-12H,5-10H2,1-4H3;2H2,1H3;3H,2H2,1H3. The van der Waals surface area contributed by atoms with Crippen LogP contribution in [0.2, 0.25) is 0 Å². The number of rotatable bonds is 10. The Hall–Kier alpha value is -1.37. The van der Waals surface area contributed by atoms with Crippen LogP contribution in [0.5, 0.6) is 0 Å². The largest absolute Gasteiger partial charge is 0.468 e. The van der Waals surface area contributed by atoms with Gasteiger partial charge in [-0.3, -0.25) is 9.59 Å². The van der Waals surface area contributed by atoms with Crippen LogP contribution >= 0.6 is 0 Å². The van der Waals surface area contributed by atoms with Crippen LogP contribution in [0, 0.1) is 23.2 Å². The van der Waals surface area contributed by atoms with Gasteiger partial charge in [0, 0.05) is 0 Å². The fourth-order valence-electron chi connectivity index (χ4n) is 2.13. The van der Waals surface area contributed by atoms with Crippen molar-refractivity contribution in [2.24, 2.45) is 11.8 Å². The topological polar surface area (TPSA) is 67.2 Å². The number of ketones is 1. The molecule has 0 fully saturated rings. The fourth-order valence-corrected chi connectivity index (χ4v) is 2.13. The number of carbonyl (C=O) groups is 2. The number of ether oxygens (including phenoxy) is 1. The lowest BCUT2D eigenvalue weighted by molar-refractivity contribution is -0.128. The van der Waals surface area contributed by atoms with Crippen molar-refractivity contribution < 1.29 is 14.3 Å². The van der Waals surface area contributed by atoms with Gasteiger partial charge in [-0.1, -0.05) is 59.8 Å². The monoisotopic (exact) mass is 327 g/mol. The van der Waals surface area contributed by atoms with Crippen molar-refractivity contribution in [3.8, 4) is 6.07 Å². The van der Waals surface area contributed by atoms with E-state index in [1.54, 1.807) is 13.0 Å². The van der Waals surface area contributed by atoms with Crippen LogP contribution in [0.4, 0.5) is 0 Å². The van der Waals surface area contributed by atoms with Gasteiger partial charge in [-0.25, -0.2) is 0 Å². The highest BCUT2D eigenvalue weighted by Crippen LogP contribution is 2.22. The molecule has 4 nitrogen and oxygen atoms in total. The highest BCUT2D eigenvalue weighted by Gasteiger charge is 2.08.